The second-order valence-corrected chi connectivity index (χ2v) is 4.39. The van der Waals surface area contributed by atoms with Gasteiger partial charge in [0.15, 0.2) is 5.75 Å². The van der Waals surface area contributed by atoms with Gasteiger partial charge in [-0.3, -0.25) is 10.1 Å². The van der Waals surface area contributed by atoms with E-state index in [-0.39, 0.29) is 23.1 Å². The van der Waals surface area contributed by atoms with Crippen molar-refractivity contribution in [1.29, 1.82) is 0 Å². The number of hydrogen-bond donors (Lipinski definition) is 1. The quantitative estimate of drug-likeness (QED) is 0.619. The maximum absolute atomic E-state index is 10.9. The zero-order valence-corrected chi connectivity index (χ0v) is 11.9. The van der Waals surface area contributed by atoms with Crippen molar-refractivity contribution in [3.05, 3.63) is 44.4 Å². The largest absolute Gasteiger partial charge is 0.481 e. The van der Waals surface area contributed by atoms with Crippen LogP contribution in [0, 0.1) is 10.1 Å². The van der Waals surface area contributed by atoms with E-state index < -0.39 is 4.92 Å². The van der Waals surface area contributed by atoms with Crippen LogP contribution in [-0.2, 0) is 6.54 Å². The molecule has 1 rings (SSSR count). The average molecular weight is 305 g/mol. The van der Waals surface area contributed by atoms with Crippen LogP contribution in [0.5, 0.6) is 5.75 Å². The third kappa shape index (κ3) is 5.06. The van der Waals surface area contributed by atoms with E-state index >= 15 is 0 Å². The van der Waals surface area contributed by atoms with E-state index in [2.05, 4.69) is 5.32 Å². The maximum atomic E-state index is 10.9. The Labute approximate surface area is 121 Å². The van der Waals surface area contributed by atoms with Gasteiger partial charge in [0.25, 0.3) is 0 Å². The van der Waals surface area contributed by atoms with Gasteiger partial charge in [0.2, 0.25) is 0 Å². The predicted molar refractivity (Wildman–Crippen MR) is 75.8 cm³/mol. The van der Waals surface area contributed by atoms with Crippen LogP contribution in [0.1, 0.15) is 12.5 Å². The molecule has 1 aromatic carbocycles. The third-order valence-corrected chi connectivity index (χ3v) is 2.88. The molecule has 104 valence electrons. The average Bonchev–Trinajstić information content (AvgIpc) is 2.42. The Morgan fingerprint density at radius 2 is 2.32 bits per heavy atom. The van der Waals surface area contributed by atoms with Crippen molar-refractivity contribution < 1.29 is 9.66 Å². The summed E-state index contributed by atoms with van der Waals surface area (Å²) >= 11 is 11.1. The smallest absolute Gasteiger partial charge is 0.310 e. The summed E-state index contributed by atoms with van der Waals surface area (Å²) in [6.07, 6.45) is 0. The molecule has 5 nitrogen and oxygen atoms in total. The Kier molecular flexibility index (Phi) is 6.62. The lowest BCUT2D eigenvalue weighted by atomic mass is 10.2. The van der Waals surface area contributed by atoms with Crippen LogP contribution in [-0.4, -0.2) is 18.1 Å². The lowest BCUT2D eigenvalue weighted by Gasteiger charge is -2.08. The van der Waals surface area contributed by atoms with Gasteiger partial charge in [0, 0.05) is 18.1 Å². The van der Waals surface area contributed by atoms with E-state index in [0.717, 1.165) is 17.6 Å². The molecule has 0 aliphatic heterocycles. The number of nitro benzene ring substituents is 1. The first kappa shape index (κ1) is 15.8. The normalized spacial score (nSPS) is 11.4. The van der Waals surface area contributed by atoms with E-state index in [1.165, 1.54) is 6.07 Å². The van der Waals surface area contributed by atoms with Crippen LogP contribution in [0.25, 0.3) is 0 Å². The summed E-state index contributed by atoms with van der Waals surface area (Å²) in [5.74, 6) is 0.178. The minimum Gasteiger partial charge on any atom is -0.481 e. The van der Waals surface area contributed by atoms with Gasteiger partial charge in [-0.2, -0.15) is 0 Å². The van der Waals surface area contributed by atoms with E-state index in [9.17, 15) is 10.1 Å². The number of nitro groups is 1. The molecule has 0 saturated heterocycles. The van der Waals surface area contributed by atoms with Gasteiger partial charge in [-0.05, 0) is 18.2 Å². The van der Waals surface area contributed by atoms with Gasteiger partial charge >= 0.3 is 5.69 Å². The van der Waals surface area contributed by atoms with Gasteiger partial charge in [0.05, 0.1) is 9.96 Å². The highest BCUT2D eigenvalue weighted by atomic mass is 35.5. The van der Waals surface area contributed by atoms with Crippen molar-refractivity contribution in [2.45, 2.75) is 13.5 Å². The summed E-state index contributed by atoms with van der Waals surface area (Å²) in [4.78, 5) is 10.4. The molecule has 0 radical (unpaired) electrons. The first-order valence-electron chi connectivity index (χ1n) is 5.64. The van der Waals surface area contributed by atoms with Crippen molar-refractivity contribution in [3.63, 3.8) is 0 Å². The van der Waals surface area contributed by atoms with Gasteiger partial charge < -0.3 is 10.1 Å². The molecule has 0 aliphatic carbocycles. The van der Waals surface area contributed by atoms with Gasteiger partial charge in [-0.1, -0.05) is 36.2 Å². The van der Waals surface area contributed by atoms with E-state index in [1.807, 2.05) is 6.92 Å². The molecule has 0 unspecified atom stereocenters. The molecule has 0 fully saturated rings. The molecule has 0 bridgehead atoms. The van der Waals surface area contributed by atoms with Crippen LogP contribution in [0.2, 0.25) is 0 Å². The molecule has 0 atom stereocenters. The summed E-state index contributed by atoms with van der Waals surface area (Å²) in [7, 11) is 0. The van der Waals surface area contributed by atoms with E-state index in [0.29, 0.717) is 6.54 Å². The van der Waals surface area contributed by atoms with Crippen molar-refractivity contribution in [3.8, 4) is 5.75 Å². The molecule has 1 N–H and O–H groups in total. The van der Waals surface area contributed by atoms with Crippen LogP contribution in [0.4, 0.5) is 5.69 Å². The van der Waals surface area contributed by atoms with Crippen LogP contribution >= 0.6 is 23.2 Å². The minimum absolute atomic E-state index is 0.00342. The molecule has 1 aromatic rings. The molecule has 0 amide bonds. The van der Waals surface area contributed by atoms with Crippen LogP contribution < -0.4 is 10.1 Å². The second kappa shape index (κ2) is 7.99. The molecule has 0 spiro atoms. The summed E-state index contributed by atoms with van der Waals surface area (Å²) < 4.78 is 5.32. The number of nitrogens with one attached hydrogen (secondary N) is 1. The summed E-state index contributed by atoms with van der Waals surface area (Å²) in [5, 5.41) is 14.3. The summed E-state index contributed by atoms with van der Waals surface area (Å²) in [6.45, 7) is 3.41. The fourth-order valence-corrected chi connectivity index (χ4v) is 1.50. The number of nitrogens with zero attached hydrogens (tertiary/aromatic N) is 1. The number of benzene rings is 1. The highest BCUT2D eigenvalue weighted by molar-refractivity contribution is 6.36. The zero-order chi connectivity index (χ0) is 14.3. The first-order valence-corrected chi connectivity index (χ1v) is 6.45. The predicted octanol–water partition coefficient (Wildman–Crippen LogP) is 3.40. The lowest BCUT2D eigenvalue weighted by Crippen LogP contribution is -2.12. The van der Waals surface area contributed by atoms with Crippen LogP contribution in [0.3, 0.4) is 0 Å². The Morgan fingerprint density at radius 1 is 1.58 bits per heavy atom. The van der Waals surface area contributed by atoms with E-state index in [4.69, 9.17) is 27.9 Å². The van der Waals surface area contributed by atoms with Crippen molar-refractivity contribution >= 4 is 28.9 Å². The second-order valence-electron chi connectivity index (χ2n) is 3.68. The Hall–Kier alpha value is -1.30. The molecule has 0 aliphatic rings. The topological polar surface area (TPSA) is 64.4 Å². The zero-order valence-electron chi connectivity index (χ0n) is 10.4. The monoisotopic (exact) mass is 304 g/mol. The maximum Gasteiger partial charge on any atom is 0.310 e. The number of hydrogen-bond acceptors (Lipinski definition) is 4. The molecule has 0 aromatic heterocycles. The molecule has 0 saturated carbocycles. The molecular formula is C12H14Cl2N2O3. The highest BCUT2D eigenvalue weighted by Crippen LogP contribution is 2.28. The molecule has 7 heteroatoms. The number of rotatable bonds is 7. The summed E-state index contributed by atoms with van der Waals surface area (Å²) in [6, 6.07) is 4.73. The molecule has 0 heterocycles. The van der Waals surface area contributed by atoms with Crippen molar-refractivity contribution in [2.75, 3.05) is 13.2 Å². The lowest BCUT2D eigenvalue weighted by molar-refractivity contribution is -0.385. The number of ether oxygens (including phenoxy) is 1. The fraction of sp³-hybridized carbons (Fsp3) is 0.333. The van der Waals surface area contributed by atoms with E-state index in [1.54, 1.807) is 12.1 Å². The standard InChI is InChI=1S/C12H14Cl2N2O3/c1-2-15-7-9-3-4-11(16(17)18)12(5-9)19-8-10(14)6-13/h3-6,15H,2,7-8H2,1H3. The van der Waals surface area contributed by atoms with Crippen molar-refractivity contribution in [2.24, 2.45) is 0 Å². The van der Waals surface area contributed by atoms with Gasteiger partial charge in [-0.15, -0.1) is 0 Å². The number of halogens is 2. The highest BCUT2D eigenvalue weighted by Gasteiger charge is 2.15. The van der Waals surface area contributed by atoms with Gasteiger partial charge in [0.1, 0.15) is 6.61 Å². The first-order chi connectivity index (χ1) is 9.08. The SMILES string of the molecule is CCNCc1ccc([N+](=O)[O-])c(OCC(Cl)=CCl)c1. The molecular weight excluding hydrogens is 291 g/mol. The Balaban J connectivity index is 2.91. The van der Waals surface area contributed by atoms with Crippen molar-refractivity contribution in [1.82, 2.24) is 5.32 Å². The fourth-order valence-electron chi connectivity index (χ4n) is 1.38. The third-order valence-electron chi connectivity index (χ3n) is 2.28. The molecule has 19 heavy (non-hydrogen) atoms. The Bertz CT molecular complexity index is 478. The Morgan fingerprint density at radius 3 is 2.89 bits per heavy atom. The van der Waals surface area contributed by atoms with Crippen LogP contribution in [0.15, 0.2) is 28.8 Å². The summed E-state index contributed by atoms with van der Waals surface area (Å²) in [5.41, 5.74) is 1.96. The minimum atomic E-state index is -0.495. The van der Waals surface area contributed by atoms with Gasteiger partial charge in [-0.25, -0.2) is 0 Å².